The molecule has 1 saturated heterocycles. The zero-order chi connectivity index (χ0) is 27.0. The molecule has 2 aliphatic rings. The van der Waals surface area contributed by atoms with Gasteiger partial charge in [-0.05, 0) is 56.2 Å². The van der Waals surface area contributed by atoms with Crippen LogP contribution in [-0.4, -0.2) is 23.8 Å². The van der Waals surface area contributed by atoms with Crippen molar-refractivity contribution in [1.29, 1.82) is 0 Å². The van der Waals surface area contributed by atoms with E-state index in [9.17, 15) is 14.4 Å². The molecule has 5 nitrogen and oxygen atoms in total. The van der Waals surface area contributed by atoms with Gasteiger partial charge in [0, 0.05) is 24.7 Å². The van der Waals surface area contributed by atoms with Gasteiger partial charge in [0.25, 0.3) is 0 Å². The van der Waals surface area contributed by atoms with E-state index in [1.54, 1.807) is 0 Å². The fourth-order valence-electron chi connectivity index (χ4n) is 5.96. The Labute approximate surface area is 226 Å². The van der Waals surface area contributed by atoms with Gasteiger partial charge in [-0.15, -0.1) is 0 Å². The Kier molecular flexibility index (Phi) is 9.19. The van der Waals surface area contributed by atoms with E-state index in [-0.39, 0.29) is 28.9 Å². The van der Waals surface area contributed by atoms with E-state index in [1.165, 1.54) is 5.56 Å². The average molecular weight is 517 g/mol. The molecule has 38 heavy (non-hydrogen) atoms. The van der Waals surface area contributed by atoms with Gasteiger partial charge in [-0.25, -0.2) is 0 Å². The molecular weight excluding hydrogens is 476 g/mol. The van der Waals surface area contributed by atoms with E-state index in [0.29, 0.717) is 31.5 Å². The Balaban J connectivity index is 1.24. The van der Waals surface area contributed by atoms with E-state index >= 15 is 0 Å². The first-order valence-corrected chi connectivity index (χ1v) is 14.0. The molecule has 0 aliphatic carbocycles. The minimum atomic E-state index is -0.373. The summed E-state index contributed by atoms with van der Waals surface area (Å²) in [6.45, 7) is 4.31. The molecule has 1 fully saturated rings. The number of Topliss-reactive ketones (excluding diaryl/α,β-unsaturated/α-hetero) is 1. The van der Waals surface area contributed by atoms with Crippen molar-refractivity contribution >= 4 is 17.7 Å². The number of esters is 2. The molecule has 2 aromatic rings. The third-order valence-corrected chi connectivity index (χ3v) is 8.45. The first kappa shape index (κ1) is 27.8. The zero-order valence-electron chi connectivity index (χ0n) is 22.7. The smallest absolute Gasteiger partial charge is 0.314 e. The standard InChI is InChI=1S/C33H40O5/c1-32(25-13-5-3-6-14-25,28-19-21-30(35)37-28)23-11-9-17-27(34)18-10-12-24-33(2,26-15-7-4-8-16-26)29-20-22-31(36)38-29/h3-8,13-16,19,29H,9-12,17-18,20-24H2,1-2H3. The van der Waals surface area contributed by atoms with Crippen LogP contribution >= 0.6 is 0 Å². The van der Waals surface area contributed by atoms with Crippen molar-refractivity contribution in [3.05, 3.63) is 83.6 Å². The second kappa shape index (κ2) is 12.6. The summed E-state index contributed by atoms with van der Waals surface area (Å²) in [4.78, 5) is 36.3. The van der Waals surface area contributed by atoms with E-state index in [1.807, 2.05) is 42.5 Å². The van der Waals surface area contributed by atoms with Gasteiger partial charge in [0.05, 0.1) is 11.8 Å². The third-order valence-electron chi connectivity index (χ3n) is 8.45. The highest BCUT2D eigenvalue weighted by Gasteiger charge is 2.41. The lowest BCUT2D eigenvalue weighted by atomic mass is 9.72. The van der Waals surface area contributed by atoms with E-state index < -0.39 is 0 Å². The minimum Gasteiger partial charge on any atom is -0.461 e. The first-order chi connectivity index (χ1) is 18.3. The fraction of sp³-hybridized carbons (Fsp3) is 0.485. The summed E-state index contributed by atoms with van der Waals surface area (Å²) < 4.78 is 11.2. The maximum absolute atomic E-state index is 12.7. The molecule has 4 rings (SSSR count). The number of carbonyl (C=O) groups is 3. The molecule has 0 aromatic heterocycles. The SMILES string of the molecule is CC(CCCCC(=O)CCCCC(C)(c1ccccc1)C1CCC(=O)O1)(C1=CCC(=O)O1)c1ccccc1. The van der Waals surface area contributed by atoms with Crippen LogP contribution in [0.4, 0.5) is 0 Å². The van der Waals surface area contributed by atoms with Crippen molar-refractivity contribution in [1.82, 2.24) is 0 Å². The fourth-order valence-corrected chi connectivity index (χ4v) is 5.96. The molecule has 3 unspecified atom stereocenters. The van der Waals surface area contributed by atoms with Crippen LogP contribution in [0.2, 0.25) is 0 Å². The largest absolute Gasteiger partial charge is 0.461 e. The third kappa shape index (κ3) is 6.61. The van der Waals surface area contributed by atoms with Gasteiger partial charge >= 0.3 is 11.9 Å². The Morgan fingerprint density at radius 1 is 0.816 bits per heavy atom. The second-order valence-electron chi connectivity index (χ2n) is 11.2. The van der Waals surface area contributed by atoms with Crippen molar-refractivity contribution in [3.8, 4) is 0 Å². The molecule has 0 saturated carbocycles. The van der Waals surface area contributed by atoms with Crippen molar-refractivity contribution in [3.63, 3.8) is 0 Å². The van der Waals surface area contributed by atoms with E-state index in [0.717, 1.165) is 56.3 Å². The van der Waals surface area contributed by atoms with Gasteiger partial charge in [0.1, 0.15) is 17.6 Å². The average Bonchev–Trinajstić information content (AvgIpc) is 3.58. The van der Waals surface area contributed by atoms with Crippen LogP contribution in [0, 0.1) is 0 Å². The molecule has 202 valence electrons. The van der Waals surface area contributed by atoms with Crippen LogP contribution in [-0.2, 0) is 34.7 Å². The molecule has 2 heterocycles. The first-order valence-electron chi connectivity index (χ1n) is 14.0. The number of benzene rings is 2. The molecule has 2 aliphatic heterocycles. The van der Waals surface area contributed by atoms with Gasteiger partial charge < -0.3 is 9.47 Å². The van der Waals surface area contributed by atoms with E-state index in [4.69, 9.17) is 9.47 Å². The monoisotopic (exact) mass is 516 g/mol. The molecule has 0 spiro atoms. The highest BCUT2D eigenvalue weighted by molar-refractivity contribution is 5.78. The van der Waals surface area contributed by atoms with Crippen LogP contribution in [0.25, 0.3) is 0 Å². The zero-order valence-corrected chi connectivity index (χ0v) is 22.7. The number of carbonyl (C=O) groups excluding carboxylic acids is 3. The van der Waals surface area contributed by atoms with Gasteiger partial charge in [-0.2, -0.15) is 0 Å². The maximum atomic E-state index is 12.7. The van der Waals surface area contributed by atoms with Crippen LogP contribution in [0.5, 0.6) is 0 Å². The summed E-state index contributed by atoms with van der Waals surface area (Å²) in [7, 11) is 0. The van der Waals surface area contributed by atoms with Crippen molar-refractivity contribution < 1.29 is 23.9 Å². The summed E-state index contributed by atoms with van der Waals surface area (Å²) in [6.07, 6.45) is 9.64. The Morgan fingerprint density at radius 3 is 1.97 bits per heavy atom. The van der Waals surface area contributed by atoms with Crippen LogP contribution in [0.3, 0.4) is 0 Å². The Bertz CT molecular complexity index is 1140. The normalized spacial score (nSPS) is 20.3. The highest BCUT2D eigenvalue weighted by Crippen LogP contribution is 2.41. The molecule has 0 radical (unpaired) electrons. The Morgan fingerprint density at radius 2 is 1.42 bits per heavy atom. The van der Waals surface area contributed by atoms with Crippen molar-refractivity contribution in [2.24, 2.45) is 0 Å². The molecule has 2 aromatic carbocycles. The number of cyclic esters (lactones) is 2. The summed E-state index contributed by atoms with van der Waals surface area (Å²) in [5.74, 6) is 0.714. The number of rotatable bonds is 14. The van der Waals surface area contributed by atoms with Crippen LogP contribution in [0.1, 0.15) is 95.6 Å². The Hall–Kier alpha value is -3.21. The summed E-state index contributed by atoms with van der Waals surface area (Å²) in [5.41, 5.74) is 1.70. The number of hydrogen-bond acceptors (Lipinski definition) is 5. The topological polar surface area (TPSA) is 69.7 Å². The van der Waals surface area contributed by atoms with Crippen LogP contribution < -0.4 is 0 Å². The van der Waals surface area contributed by atoms with Gasteiger partial charge in [-0.3, -0.25) is 14.4 Å². The van der Waals surface area contributed by atoms with Crippen molar-refractivity contribution in [2.45, 2.75) is 101 Å². The van der Waals surface area contributed by atoms with E-state index in [2.05, 4.69) is 38.1 Å². The summed E-state index contributed by atoms with van der Waals surface area (Å²) >= 11 is 0. The molecule has 0 bridgehead atoms. The minimum absolute atomic E-state index is 0.110. The molecule has 5 heteroatoms. The highest BCUT2D eigenvalue weighted by atomic mass is 16.6. The molecule has 0 amide bonds. The molecular formula is C33H40O5. The predicted molar refractivity (Wildman–Crippen MR) is 147 cm³/mol. The molecule has 0 N–H and O–H groups in total. The lowest BCUT2D eigenvalue weighted by Gasteiger charge is -2.35. The van der Waals surface area contributed by atoms with Gasteiger partial charge in [0.2, 0.25) is 0 Å². The molecule has 3 atom stereocenters. The summed E-state index contributed by atoms with van der Waals surface area (Å²) in [5, 5.41) is 0. The lowest BCUT2D eigenvalue weighted by molar-refractivity contribution is -0.144. The van der Waals surface area contributed by atoms with Crippen LogP contribution in [0.15, 0.2) is 72.5 Å². The number of ketones is 1. The number of ether oxygens (including phenoxy) is 2. The lowest BCUT2D eigenvalue weighted by Crippen LogP contribution is -2.36. The van der Waals surface area contributed by atoms with Gasteiger partial charge in [0.15, 0.2) is 0 Å². The number of hydrogen-bond donors (Lipinski definition) is 0. The summed E-state index contributed by atoms with van der Waals surface area (Å²) in [6, 6.07) is 20.5. The quantitative estimate of drug-likeness (QED) is 0.197. The number of unbranched alkanes of at least 4 members (excludes halogenated alkanes) is 2. The second-order valence-corrected chi connectivity index (χ2v) is 11.2. The van der Waals surface area contributed by atoms with Crippen molar-refractivity contribution in [2.75, 3.05) is 0 Å². The predicted octanol–water partition coefficient (Wildman–Crippen LogP) is 7.13. The maximum Gasteiger partial charge on any atom is 0.314 e. The number of allylic oxidation sites excluding steroid dienone is 1. The van der Waals surface area contributed by atoms with Gasteiger partial charge in [-0.1, -0.05) is 80.4 Å².